The first kappa shape index (κ1) is 25.3. The van der Waals surface area contributed by atoms with E-state index >= 15 is 0 Å². The first-order chi connectivity index (χ1) is 15.7. The van der Waals surface area contributed by atoms with Gasteiger partial charge >= 0.3 is 0 Å². The zero-order valence-corrected chi connectivity index (χ0v) is 21.0. The van der Waals surface area contributed by atoms with Crippen molar-refractivity contribution in [2.75, 3.05) is 30.8 Å². The third-order valence-corrected chi connectivity index (χ3v) is 7.29. The van der Waals surface area contributed by atoms with Gasteiger partial charge in [-0.1, -0.05) is 42.8 Å². The van der Waals surface area contributed by atoms with Gasteiger partial charge in [-0.2, -0.15) is 0 Å². The molecule has 0 aliphatic carbocycles. The van der Waals surface area contributed by atoms with Gasteiger partial charge in [0.2, 0.25) is 15.9 Å². The fourth-order valence-corrected chi connectivity index (χ4v) is 5.58. The summed E-state index contributed by atoms with van der Waals surface area (Å²) in [6.07, 6.45) is 3.91. The van der Waals surface area contributed by atoms with Crippen LogP contribution in [0, 0.1) is 0 Å². The van der Waals surface area contributed by atoms with E-state index in [1.807, 2.05) is 12.1 Å². The minimum atomic E-state index is -3.74. The fourth-order valence-electron chi connectivity index (χ4n) is 4.12. The zero-order chi connectivity index (χ0) is 24.0. The third kappa shape index (κ3) is 6.62. The van der Waals surface area contributed by atoms with Gasteiger partial charge in [0, 0.05) is 13.1 Å². The van der Waals surface area contributed by atoms with Crippen molar-refractivity contribution in [2.45, 2.75) is 45.3 Å². The van der Waals surface area contributed by atoms with Crippen LogP contribution in [0.3, 0.4) is 0 Å². The van der Waals surface area contributed by atoms with Gasteiger partial charge in [0.15, 0.2) is 0 Å². The summed E-state index contributed by atoms with van der Waals surface area (Å²) in [5.41, 5.74) is 2.52. The van der Waals surface area contributed by atoms with E-state index in [-0.39, 0.29) is 10.9 Å². The molecule has 7 nitrogen and oxygen atoms in total. The number of hydrogen-bond donors (Lipinski definition) is 1. The van der Waals surface area contributed by atoms with Gasteiger partial charge in [-0.15, -0.1) is 0 Å². The molecule has 0 aromatic heterocycles. The highest BCUT2D eigenvalue weighted by molar-refractivity contribution is 7.92. The summed E-state index contributed by atoms with van der Waals surface area (Å²) in [6.45, 7) is 5.33. The molecule has 9 heteroatoms. The Morgan fingerprint density at radius 3 is 2.33 bits per heavy atom. The van der Waals surface area contributed by atoms with E-state index in [2.05, 4.69) is 22.3 Å². The summed E-state index contributed by atoms with van der Waals surface area (Å²) in [4.78, 5) is 15.5. The number of likely N-dealkylation sites (tertiary alicyclic amines) is 1. The van der Waals surface area contributed by atoms with Crippen LogP contribution < -0.4 is 14.4 Å². The van der Waals surface area contributed by atoms with Crippen LogP contribution in [0.4, 0.5) is 5.69 Å². The van der Waals surface area contributed by atoms with Crippen molar-refractivity contribution in [1.29, 1.82) is 0 Å². The molecule has 1 heterocycles. The van der Waals surface area contributed by atoms with Crippen molar-refractivity contribution in [3.05, 3.63) is 58.6 Å². The zero-order valence-electron chi connectivity index (χ0n) is 19.4. The molecule has 0 saturated carbocycles. The number of carbonyl (C=O) groups is 1. The van der Waals surface area contributed by atoms with E-state index in [0.29, 0.717) is 24.4 Å². The number of anilines is 1. The van der Waals surface area contributed by atoms with Crippen molar-refractivity contribution in [3.63, 3.8) is 0 Å². The highest BCUT2D eigenvalue weighted by Crippen LogP contribution is 2.31. The van der Waals surface area contributed by atoms with Crippen LogP contribution in [-0.4, -0.2) is 51.7 Å². The number of benzene rings is 2. The molecule has 1 aliphatic rings. The summed E-state index contributed by atoms with van der Waals surface area (Å²) in [7, 11) is -2.26. The van der Waals surface area contributed by atoms with Crippen LogP contribution >= 0.6 is 11.6 Å². The number of nitrogens with one attached hydrogen (secondary N) is 1. The van der Waals surface area contributed by atoms with Gasteiger partial charge in [-0.25, -0.2) is 8.42 Å². The Kier molecular flexibility index (Phi) is 8.62. The maximum absolute atomic E-state index is 13.0. The molecule has 2 aromatic carbocycles. The molecule has 0 spiro atoms. The maximum atomic E-state index is 13.0. The van der Waals surface area contributed by atoms with Crippen molar-refractivity contribution < 1.29 is 17.9 Å². The van der Waals surface area contributed by atoms with Crippen LogP contribution in [0.1, 0.15) is 37.3 Å². The Balaban J connectivity index is 1.69. The minimum Gasteiger partial charge on any atom is -0.495 e. The number of nitrogens with zero attached hydrogens (tertiary/aromatic N) is 2. The van der Waals surface area contributed by atoms with Gasteiger partial charge in [0.05, 0.1) is 24.1 Å². The van der Waals surface area contributed by atoms with Gasteiger partial charge in [-0.3, -0.25) is 14.0 Å². The van der Waals surface area contributed by atoms with Crippen molar-refractivity contribution in [1.82, 2.24) is 10.2 Å². The average Bonchev–Trinajstić information content (AvgIpc) is 3.29. The molecule has 1 saturated heterocycles. The third-order valence-electron chi connectivity index (χ3n) is 5.81. The van der Waals surface area contributed by atoms with E-state index in [4.69, 9.17) is 16.3 Å². The summed E-state index contributed by atoms with van der Waals surface area (Å²) in [5.74, 6) is 0.0653. The molecule has 180 valence electrons. The number of rotatable bonds is 10. The summed E-state index contributed by atoms with van der Waals surface area (Å²) in [6, 6.07) is 11.9. The first-order valence-corrected chi connectivity index (χ1v) is 13.4. The first-order valence-electron chi connectivity index (χ1n) is 11.1. The molecule has 2 aromatic rings. The van der Waals surface area contributed by atoms with Crippen LogP contribution in [0.2, 0.25) is 5.02 Å². The molecule has 1 fully saturated rings. The molecule has 0 bridgehead atoms. The second kappa shape index (κ2) is 11.2. The number of methoxy groups -OCH3 is 1. The summed E-state index contributed by atoms with van der Waals surface area (Å²) < 4.78 is 31.5. The van der Waals surface area contributed by atoms with Gasteiger partial charge < -0.3 is 10.1 Å². The SMILES string of the molecule is CC[C@@H](C(=O)NCc1ccc(CN2CCCC2)cc1)N(c1ccc(OC)c(Cl)c1)S(C)(=O)=O. The molecule has 1 amide bonds. The number of carbonyl (C=O) groups excluding carboxylic acids is 1. The Hall–Kier alpha value is -2.29. The van der Waals surface area contributed by atoms with Gasteiger partial charge in [0.1, 0.15) is 11.8 Å². The predicted octanol–water partition coefficient (Wildman–Crippen LogP) is 3.81. The average molecular weight is 494 g/mol. The number of ether oxygens (including phenoxy) is 1. The second-order valence-electron chi connectivity index (χ2n) is 8.32. The summed E-state index contributed by atoms with van der Waals surface area (Å²) in [5, 5.41) is 3.16. The monoisotopic (exact) mass is 493 g/mol. The molecule has 1 atom stereocenters. The lowest BCUT2D eigenvalue weighted by Gasteiger charge is -2.30. The predicted molar refractivity (Wildman–Crippen MR) is 132 cm³/mol. The lowest BCUT2D eigenvalue weighted by molar-refractivity contribution is -0.122. The van der Waals surface area contributed by atoms with E-state index < -0.39 is 16.1 Å². The van der Waals surface area contributed by atoms with E-state index in [1.165, 1.54) is 31.6 Å². The molecular weight excluding hydrogens is 462 g/mol. The van der Waals surface area contributed by atoms with Crippen molar-refractivity contribution in [2.24, 2.45) is 0 Å². The smallest absolute Gasteiger partial charge is 0.244 e. The van der Waals surface area contributed by atoms with E-state index in [9.17, 15) is 13.2 Å². The van der Waals surface area contributed by atoms with Crippen molar-refractivity contribution >= 4 is 33.2 Å². The van der Waals surface area contributed by atoms with Crippen LogP contribution in [-0.2, 0) is 27.9 Å². The normalized spacial score (nSPS) is 15.3. The molecule has 0 unspecified atom stereocenters. The standard InChI is InChI=1S/C24H32ClN3O4S/c1-4-22(28(33(3,30)31)20-11-12-23(32-2)21(25)15-20)24(29)26-16-18-7-9-19(10-8-18)17-27-13-5-6-14-27/h7-12,15,22H,4-6,13-14,16-17H2,1-3H3,(H,26,29)/t22-/m0/s1. The van der Waals surface area contributed by atoms with E-state index in [1.54, 1.807) is 19.1 Å². The molecule has 1 N–H and O–H groups in total. The minimum absolute atomic E-state index is 0.271. The number of amides is 1. The fraction of sp³-hybridized carbons (Fsp3) is 0.458. The largest absolute Gasteiger partial charge is 0.495 e. The molecule has 0 radical (unpaired) electrons. The Labute approximate surface area is 201 Å². The van der Waals surface area contributed by atoms with Crippen molar-refractivity contribution in [3.8, 4) is 5.75 Å². The topological polar surface area (TPSA) is 79.0 Å². The summed E-state index contributed by atoms with van der Waals surface area (Å²) >= 11 is 6.21. The van der Waals surface area contributed by atoms with Crippen LogP contribution in [0.25, 0.3) is 0 Å². The molecular formula is C24H32ClN3O4S. The Morgan fingerprint density at radius 1 is 1.15 bits per heavy atom. The quantitative estimate of drug-likeness (QED) is 0.544. The second-order valence-corrected chi connectivity index (χ2v) is 10.6. The lowest BCUT2D eigenvalue weighted by atomic mass is 10.1. The van der Waals surface area contributed by atoms with Gasteiger partial charge in [0.25, 0.3) is 0 Å². The van der Waals surface area contributed by atoms with Crippen LogP contribution in [0.5, 0.6) is 5.75 Å². The molecule has 33 heavy (non-hydrogen) atoms. The Bertz CT molecular complexity index is 1050. The molecule has 1 aliphatic heterocycles. The van der Waals surface area contributed by atoms with Gasteiger partial charge in [-0.05, 0) is 61.7 Å². The Morgan fingerprint density at radius 2 is 1.79 bits per heavy atom. The molecule has 3 rings (SSSR count). The number of sulfonamides is 1. The number of halogens is 1. The lowest BCUT2D eigenvalue weighted by Crippen LogP contribution is -2.49. The number of hydrogen-bond acceptors (Lipinski definition) is 5. The van der Waals surface area contributed by atoms with E-state index in [0.717, 1.165) is 35.8 Å². The maximum Gasteiger partial charge on any atom is 0.244 e. The van der Waals surface area contributed by atoms with Crippen LogP contribution in [0.15, 0.2) is 42.5 Å². The highest BCUT2D eigenvalue weighted by atomic mass is 35.5. The highest BCUT2D eigenvalue weighted by Gasteiger charge is 2.31.